The van der Waals surface area contributed by atoms with Gasteiger partial charge in [0.2, 0.25) is 0 Å². The zero-order valence-corrected chi connectivity index (χ0v) is 9.40. The third kappa shape index (κ3) is 2.14. The lowest BCUT2D eigenvalue weighted by atomic mass is 10.2. The van der Waals surface area contributed by atoms with E-state index in [4.69, 9.17) is 0 Å². The van der Waals surface area contributed by atoms with Crippen LogP contribution in [-0.2, 0) is 0 Å². The fourth-order valence-electron chi connectivity index (χ4n) is 1.67. The Labute approximate surface area is 95.8 Å². The monoisotopic (exact) mass is 209 g/mol. The zero-order valence-electron chi connectivity index (χ0n) is 9.40. The third-order valence-corrected chi connectivity index (χ3v) is 2.58. The van der Waals surface area contributed by atoms with Crippen molar-refractivity contribution < 1.29 is 0 Å². The van der Waals surface area contributed by atoms with E-state index in [2.05, 4.69) is 24.0 Å². The molecule has 0 heterocycles. The van der Waals surface area contributed by atoms with Crippen LogP contribution in [0.2, 0.25) is 0 Å². The summed E-state index contributed by atoms with van der Waals surface area (Å²) in [6.07, 6.45) is 2.07. The van der Waals surface area contributed by atoms with Gasteiger partial charge in [-0.05, 0) is 35.6 Å². The SMILES string of the molecule is C=c1c(Nc2ccccc2)ccc/c1=C/C. The molecule has 0 spiro atoms. The normalized spacial score (nSPS) is 11.4. The maximum atomic E-state index is 4.09. The van der Waals surface area contributed by atoms with Crippen LogP contribution < -0.4 is 15.8 Å². The first-order valence-corrected chi connectivity index (χ1v) is 5.37. The summed E-state index contributed by atoms with van der Waals surface area (Å²) in [4.78, 5) is 0. The average molecular weight is 209 g/mol. The van der Waals surface area contributed by atoms with Gasteiger partial charge in [-0.25, -0.2) is 0 Å². The highest BCUT2D eigenvalue weighted by atomic mass is 14.9. The number of hydrogen-bond donors (Lipinski definition) is 1. The quantitative estimate of drug-likeness (QED) is 0.801. The van der Waals surface area contributed by atoms with Gasteiger partial charge in [0.15, 0.2) is 0 Å². The number of rotatable bonds is 2. The van der Waals surface area contributed by atoms with Crippen molar-refractivity contribution in [3.05, 3.63) is 59.0 Å². The van der Waals surface area contributed by atoms with E-state index in [1.54, 1.807) is 0 Å². The molecule has 0 aliphatic carbocycles. The Morgan fingerprint density at radius 1 is 1.00 bits per heavy atom. The minimum atomic E-state index is 1.04. The van der Waals surface area contributed by atoms with Gasteiger partial charge >= 0.3 is 0 Å². The average Bonchev–Trinajstić information content (AvgIpc) is 2.33. The summed E-state index contributed by atoms with van der Waals surface area (Å²) in [6.45, 7) is 6.12. The predicted octanol–water partition coefficient (Wildman–Crippen LogP) is 2.64. The van der Waals surface area contributed by atoms with Crippen LogP contribution in [0, 0.1) is 0 Å². The van der Waals surface area contributed by atoms with Gasteiger partial charge in [-0.1, -0.05) is 43.0 Å². The largest absolute Gasteiger partial charge is 0.355 e. The fraction of sp³-hybridized carbons (Fsp3) is 0.0667. The van der Waals surface area contributed by atoms with Gasteiger partial charge in [0.25, 0.3) is 0 Å². The lowest BCUT2D eigenvalue weighted by Gasteiger charge is -2.06. The molecule has 0 bridgehead atoms. The van der Waals surface area contributed by atoms with E-state index in [-0.39, 0.29) is 0 Å². The van der Waals surface area contributed by atoms with Crippen LogP contribution in [0.1, 0.15) is 6.92 Å². The summed E-state index contributed by atoms with van der Waals surface area (Å²) in [5, 5.41) is 5.57. The molecular weight excluding hydrogens is 194 g/mol. The van der Waals surface area contributed by atoms with Crippen LogP contribution in [-0.4, -0.2) is 0 Å². The molecule has 0 radical (unpaired) electrons. The second-order valence-corrected chi connectivity index (χ2v) is 3.65. The molecule has 0 aromatic heterocycles. The highest BCUT2D eigenvalue weighted by Crippen LogP contribution is 2.10. The van der Waals surface area contributed by atoms with Gasteiger partial charge < -0.3 is 5.32 Å². The summed E-state index contributed by atoms with van der Waals surface area (Å²) in [5.41, 5.74) is 2.14. The van der Waals surface area contributed by atoms with Gasteiger partial charge in [-0.2, -0.15) is 0 Å². The smallest absolute Gasteiger partial charge is 0.0457 e. The van der Waals surface area contributed by atoms with Crippen molar-refractivity contribution in [2.24, 2.45) is 0 Å². The Morgan fingerprint density at radius 2 is 1.75 bits per heavy atom. The van der Waals surface area contributed by atoms with Crippen LogP contribution in [0.5, 0.6) is 0 Å². The minimum absolute atomic E-state index is 1.04. The van der Waals surface area contributed by atoms with Gasteiger partial charge in [0.1, 0.15) is 0 Å². The molecule has 0 aliphatic rings. The molecule has 1 nitrogen and oxygen atoms in total. The van der Waals surface area contributed by atoms with Gasteiger partial charge in [-0.3, -0.25) is 0 Å². The van der Waals surface area contributed by atoms with Crippen LogP contribution in [0.15, 0.2) is 48.5 Å². The van der Waals surface area contributed by atoms with Gasteiger partial charge in [-0.15, -0.1) is 0 Å². The summed E-state index contributed by atoms with van der Waals surface area (Å²) in [7, 11) is 0. The molecule has 2 aromatic rings. The number of hydrogen-bond acceptors (Lipinski definition) is 1. The van der Waals surface area contributed by atoms with E-state index in [0.717, 1.165) is 16.6 Å². The Kier molecular flexibility index (Phi) is 3.06. The minimum Gasteiger partial charge on any atom is -0.355 e. The van der Waals surface area contributed by atoms with Crippen LogP contribution in [0.25, 0.3) is 12.7 Å². The van der Waals surface area contributed by atoms with Crippen LogP contribution in [0.4, 0.5) is 11.4 Å². The van der Waals surface area contributed by atoms with Gasteiger partial charge in [0, 0.05) is 11.4 Å². The molecule has 0 amide bonds. The van der Waals surface area contributed by atoms with Crippen molar-refractivity contribution in [2.75, 3.05) is 5.32 Å². The Morgan fingerprint density at radius 3 is 2.44 bits per heavy atom. The predicted molar refractivity (Wildman–Crippen MR) is 71.1 cm³/mol. The molecule has 0 aliphatic heterocycles. The van der Waals surface area contributed by atoms with Gasteiger partial charge in [0.05, 0.1) is 0 Å². The first-order chi connectivity index (χ1) is 7.81. The molecule has 80 valence electrons. The number of para-hydroxylation sites is 1. The van der Waals surface area contributed by atoms with Crippen molar-refractivity contribution in [2.45, 2.75) is 6.92 Å². The summed E-state index contributed by atoms with van der Waals surface area (Å²) in [5.74, 6) is 0. The van der Waals surface area contributed by atoms with E-state index in [1.807, 2.05) is 49.4 Å². The Bertz CT molecular complexity index is 570. The lowest BCUT2D eigenvalue weighted by Crippen LogP contribution is -2.25. The highest BCUT2D eigenvalue weighted by Gasteiger charge is 1.94. The van der Waals surface area contributed by atoms with Crippen molar-refractivity contribution in [3.63, 3.8) is 0 Å². The molecule has 2 aromatic carbocycles. The molecule has 2 rings (SSSR count). The first kappa shape index (κ1) is 10.5. The first-order valence-electron chi connectivity index (χ1n) is 5.37. The topological polar surface area (TPSA) is 12.0 Å². The van der Waals surface area contributed by atoms with Crippen molar-refractivity contribution in [1.29, 1.82) is 0 Å². The molecule has 0 fully saturated rings. The number of nitrogens with one attached hydrogen (secondary N) is 1. The Balaban J connectivity index is 2.40. The summed E-state index contributed by atoms with van der Waals surface area (Å²) in [6, 6.07) is 16.3. The second-order valence-electron chi connectivity index (χ2n) is 3.65. The van der Waals surface area contributed by atoms with E-state index in [1.165, 1.54) is 5.22 Å². The summed E-state index contributed by atoms with van der Waals surface area (Å²) >= 11 is 0. The molecule has 0 saturated heterocycles. The molecule has 1 N–H and O–H groups in total. The molecule has 0 saturated carbocycles. The van der Waals surface area contributed by atoms with E-state index in [0.29, 0.717) is 0 Å². The van der Waals surface area contributed by atoms with Crippen molar-refractivity contribution in [3.8, 4) is 0 Å². The van der Waals surface area contributed by atoms with E-state index in [9.17, 15) is 0 Å². The highest BCUT2D eigenvalue weighted by molar-refractivity contribution is 5.60. The molecule has 1 heteroatoms. The Hall–Kier alpha value is -2.02. The summed E-state index contributed by atoms with van der Waals surface area (Å²) < 4.78 is 0. The van der Waals surface area contributed by atoms with Crippen molar-refractivity contribution in [1.82, 2.24) is 0 Å². The third-order valence-electron chi connectivity index (χ3n) is 2.58. The second kappa shape index (κ2) is 4.67. The molecule has 16 heavy (non-hydrogen) atoms. The molecule has 0 unspecified atom stereocenters. The van der Waals surface area contributed by atoms with E-state index >= 15 is 0 Å². The molecular formula is C15H15N. The number of anilines is 2. The number of benzene rings is 2. The lowest BCUT2D eigenvalue weighted by molar-refractivity contribution is 1.46. The standard InChI is InChI=1S/C15H15N/c1-3-13-8-7-11-15(12(13)2)16-14-9-5-4-6-10-14/h3-11,16H,2H2,1H3/b13-3-. The van der Waals surface area contributed by atoms with Crippen LogP contribution in [0.3, 0.4) is 0 Å². The fourth-order valence-corrected chi connectivity index (χ4v) is 1.67. The maximum Gasteiger partial charge on any atom is 0.0457 e. The van der Waals surface area contributed by atoms with Crippen molar-refractivity contribution >= 4 is 24.0 Å². The van der Waals surface area contributed by atoms with E-state index < -0.39 is 0 Å². The maximum absolute atomic E-state index is 4.09. The van der Waals surface area contributed by atoms with Crippen LogP contribution >= 0.6 is 0 Å². The zero-order chi connectivity index (χ0) is 11.4. The molecule has 0 atom stereocenters.